The predicted octanol–water partition coefficient (Wildman–Crippen LogP) is 12.0. The van der Waals surface area contributed by atoms with Gasteiger partial charge in [0.15, 0.2) is 0 Å². The molecule has 0 aliphatic heterocycles. The molecule has 1 spiro atoms. The van der Waals surface area contributed by atoms with Gasteiger partial charge in [-0.3, -0.25) is 10.5 Å². The summed E-state index contributed by atoms with van der Waals surface area (Å²) in [5.74, 6) is 3.14. The van der Waals surface area contributed by atoms with Crippen molar-refractivity contribution < 1.29 is 20.3 Å². The van der Waals surface area contributed by atoms with Gasteiger partial charge in [0.25, 0.3) is 0 Å². The molecule has 0 aromatic heterocycles. The van der Waals surface area contributed by atoms with E-state index in [1.165, 1.54) is 167 Å². The highest BCUT2D eigenvalue weighted by Gasteiger charge is 2.51. The molecule has 2 aliphatic rings. The van der Waals surface area contributed by atoms with Crippen LogP contribution in [0.5, 0.6) is 0 Å². The summed E-state index contributed by atoms with van der Waals surface area (Å²) in [5.41, 5.74) is 0.382. The van der Waals surface area contributed by atoms with Crippen LogP contribution in [0.2, 0.25) is 0 Å². The number of hydrogen-bond acceptors (Lipinski definition) is 4. The molecular weight excluding hydrogens is 496 g/mol. The van der Waals surface area contributed by atoms with Crippen molar-refractivity contribution in [3.05, 3.63) is 0 Å². The Labute approximate surface area is 249 Å². The molecule has 4 nitrogen and oxygen atoms in total. The molecule has 0 heterocycles. The fraction of sp³-hybridized carbons (Fsp3) is 1.00. The molecule has 0 aromatic rings. The van der Waals surface area contributed by atoms with E-state index < -0.39 is 0 Å². The Morgan fingerprint density at radius 2 is 1.18 bits per heavy atom. The van der Waals surface area contributed by atoms with Crippen molar-refractivity contribution in [2.24, 2.45) is 29.1 Å². The van der Waals surface area contributed by atoms with Crippen LogP contribution in [-0.4, -0.2) is 23.7 Å². The van der Waals surface area contributed by atoms with Crippen LogP contribution in [0.4, 0.5) is 0 Å². The minimum atomic E-state index is 0.382. The molecule has 4 heteroatoms. The Hall–Kier alpha value is -0.160. The molecule has 2 aliphatic carbocycles. The quantitative estimate of drug-likeness (QED) is 0.0733. The van der Waals surface area contributed by atoms with Gasteiger partial charge in [0.2, 0.25) is 0 Å². The third kappa shape index (κ3) is 13.0. The first kappa shape index (κ1) is 36.0. The van der Waals surface area contributed by atoms with Gasteiger partial charge < -0.3 is 0 Å². The summed E-state index contributed by atoms with van der Waals surface area (Å²) in [6.07, 6.45) is 36.4. The molecule has 0 amide bonds. The lowest BCUT2D eigenvalue weighted by atomic mass is 9.49. The summed E-state index contributed by atoms with van der Waals surface area (Å²) in [6, 6.07) is 0. The van der Waals surface area contributed by atoms with Crippen LogP contribution in [0.15, 0.2) is 0 Å². The van der Waals surface area contributed by atoms with E-state index in [4.69, 9.17) is 10.1 Å². The molecule has 4 unspecified atom stereocenters. The first-order valence-corrected chi connectivity index (χ1v) is 18.3. The summed E-state index contributed by atoms with van der Waals surface area (Å²) in [6.45, 7) is 5.71. The largest absolute Gasteiger partial charge is 0.252 e. The standard InChI is InChI=1S/C36H70O4/c1-3-5-7-17-23-32-27-29-36(28-21-15-14-18-24-33(36)31-40-38)35(34(32)25-19-8-6-4-2)26-20-13-11-9-10-12-16-22-30-39-37/h32-35,37-38H,3-31H2,1-2H3/t32?,33?,34?,35?,36-/m0/s1. The highest BCUT2D eigenvalue weighted by atomic mass is 17.1. The zero-order valence-corrected chi connectivity index (χ0v) is 27.0. The second-order valence-corrected chi connectivity index (χ2v) is 13.9. The first-order chi connectivity index (χ1) is 19.7. The summed E-state index contributed by atoms with van der Waals surface area (Å²) in [5, 5.41) is 18.2. The number of hydrogen-bond donors (Lipinski definition) is 2. The van der Waals surface area contributed by atoms with Crippen LogP contribution in [0.1, 0.15) is 187 Å². The van der Waals surface area contributed by atoms with Crippen LogP contribution in [-0.2, 0) is 9.78 Å². The zero-order valence-electron chi connectivity index (χ0n) is 27.0. The van der Waals surface area contributed by atoms with E-state index in [-0.39, 0.29) is 0 Å². The van der Waals surface area contributed by atoms with Gasteiger partial charge in [0, 0.05) is 0 Å². The van der Waals surface area contributed by atoms with Crippen LogP contribution in [0, 0.1) is 29.1 Å². The summed E-state index contributed by atoms with van der Waals surface area (Å²) in [4.78, 5) is 9.21. The monoisotopic (exact) mass is 567 g/mol. The molecule has 2 fully saturated rings. The van der Waals surface area contributed by atoms with Crippen molar-refractivity contribution in [3.63, 3.8) is 0 Å². The van der Waals surface area contributed by atoms with Gasteiger partial charge in [-0.25, -0.2) is 9.78 Å². The lowest BCUT2D eigenvalue weighted by molar-refractivity contribution is -0.265. The summed E-state index contributed by atoms with van der Waals surface area (Å²) >= 11 is 0. The van der Waals surface area contributed by atoms with E-state index in [1.807, 2.05) is 0 Å². The lowest BCUT2D eigenvalue weighted by Gasteiger charge is -2.56. The Morgan fingerprint density at radius 1 is 0.575 bits per heavy atom. The van der Waals surface area contributed by atoms with Crippen molar-refractivity contribution >= 4 is 0 Å². The molecule has 0 saturated heterocycles. The van der Waals surface area contributed by atoms with Gasteiger partial charge >= 0.3 is 0 Å². The Kier molecular flexibility index (Phi) is 21.0. The molecule has 2 N–H and O–H groups in total. The second kappa shape index (κ2) is 23.3. The Bertz CT molecular complexity index is 569. The normalized spacial score (nSPS) is 27.6. The van der Waals surface area contributed by atoms with Gasteiger partial charge in [-0.05, 0) is 74.0 Å². The molecule has 2 saturated carbocycles. The minimum absolute atomic E-state index is 0.382. The maximum Gasteiger partial charge on any atom is 0.0853 e. The third-order valence-electron chi connectivity index (χ3n) is 11.2. The van der Waals surface area contributed by atoms with Crippen LogP contribution in [0.25, 0.3) is 0 Å². The van der Waals surface area contributed by atoms with Crippen molar-refractivity contribution in [3.8, 4) is 0 Å². The number of unbranched alkanes of at least 4 members (excludes halogenated alkanes) is 13. The smallest absolute Gasteiger partial charge is 0.0853 e. The van der Waals surface area contributed by atoms with E-state index in [9.17, 15) is 5.26 Å². The van der Waals surface area contributed by atoms with Crippen LogP contribution >= 0.6 is 0 Å². The van der Waals surface area contributed by atoms with Crippen LogP contribution < -0.4 is 0 Å². The molecule has 0 bridgehead atoms. The molecule has 40 heavy (non-hydrogen) atoms. The van der Waals surface area contributed by atoms with Gasteiger partial charge in [-0.15, -0.1) is 0 Å². The maximum atomic E-state index is 9.71. The zero-order chi connectivity index (χ0) is 28.7. The third-order valence-corrected chi connectivity index (χ3v) is 11.2. The molecule has 0 aromatic carbocycles. The van der Waals surface area contributed by atoms with Crippen molar-refractivity contribution in [2.75, 3.05) is 13.2 Å². The highest BCUT2D eigenvalue weighted by molar-refractivity contribution is 5.00. The van der Waals surface area contributed by atoms with Crippen molar-refractivity contribution in [1.29, 1.82) is 0 Å². The van der Waals surface area contributed by atoms with E-state index in [2.05, 4.69) is 18.7 Å². The summed E-state index contributed by atoms with van der Waals surface area (Å²) in [7, 11) is 0. The van der Waals surface area contributed by atoms with Gasteiger partial charge in [-0.1, -0.05) is 142 Å². The molecule has 5 atom stereocenters. The number of rotatable bonds is 23. The Balaban J connectivity index is 2.12. The van der Waals surface area contributed by atoms with Gasteiger partial charge in [0.1, 0.15) is 0 Å². The van der Waals surface area contributed by atoms with Crippen molar-refractivity contribution in [2.45, 2.75) is 187 Å². The highest BCUT2D eigenvalue weighted by Crippen LogP contribution is 2.59. The van der Waals surface area contributed by atoms with E-state index >= 15 is 0 Å². The predicted molar refractivity (Wildman–Crippen MR) is 170 cm³/mol. The molecule has 0 radical (unpaired) electrons. The summed E-state index contributed by atoms with van der Waals surface area (Å²) < 4.78 is 0. The maximum absolute atomic E-state index is 9.71. The second-order valence-electron chi connectivity index (χ2n) is 13.9. The molecule has 238 valence electrons. The van der Waals surface area contributed by atoms with E-state index in [0.717, 1.165) is 24.2 Å². The Morgan fingerprint density at radius 3 is 1.85 bits per heavy atom. The molecular formula is C36H70O4. The fourth-order valence-corrected chi connectivity index (χ4v) is 8.98. The first-order valence-electron chi connectivity index (χ1n) is 18.3. The van der Waals surface area contributed by atoms with Crippen molar-refractivity contribution in [1.82, 2.24) is 0 Å². The lowest BCUT2D eigenvalue weighted by Crippen LogP contribution is -2.49. The van der Waals surface area contributed by atoms with Crippen LogP contribution in [0.3, 0.4) is 0 Å². The van der Waals surface area contributed by atoms with E-state index in [1.54, 1.807) is 0 Å². The van der Waals surface area contributed by atoms with E-state index in [0.29, 0.717) is 24.5 Å². The fourth-order valence-electron chi connectivity index (χ4n) is 8.98. The average molecular weight is 567 g/mol. The SMILES string of the molecule is CCCCCCC1CC[C@]2(CCCCCCC2COO)C(CCCCCCCCCCOO)C1CCCCCC. The van der Waals surface area contributed by atoms with Gasteiger partial charge in [-0.2, -0.15) is 0 Å². The van der Waals surface area contributed by atoms with Gasteiger partial charge in [0.05, 0.1) is 13.2 Å². The average Bonchev–Trinajstić information content (AvgIpc) is 2.95. The molecule has 2 rings (SSSR count). The minimum Gasteiger partial charge on any atom is -0.252 e. The topological polar surface area (TPSA) is 58.9 Å².